The molecule has 2 aromatic carbocycles. The number of benzene rings is 2. The fourth-order valence-electron chi connectivity index (χ4n) is 2.82. The van der Waals surface area contributed by atoms with E-state index < -0.39 is 10.0 Å². The molecule has 3 rings (SSSR count). The van der Waals surface area contributed by atoms with Crippen molar-refractivity contribution in [2.24, 2.45) is 5.14 Å². The number of carbonyl (C=O) groups is 1. The van der Waals surface area contributed by atoms with Gasteiger partial charge in [0.1, 0.15) is 5.82 Å². The zero-order valence-corrected chi connectivity index (χ0v) is 13.8. The third-order valence-electron chi connectivity index (χ3n) is 4.13. The Labute approximate surface area is 139 Å². The van der Waals surface area contributed by atoms with Gasteiger partial charge in [-0.1, -0.05) is 12.1 Å². The third-order valence-corrected chi connectivity index (χ3v) is 5.20. The number of hydrogen-bond donors (Lipinski definition) is 2. The van der Waals surface area contributed by atoms with Crippen LogP contribution < -0.4 is 10.5 Å². The Balaban J connectivity index is 1.70. The first-order valence-corrected chi connectivity index (χ1v) is 9.00. The molecule has 0 bridgehead atoms. The number of rotatable bonds is 4. The maximum atomic E-state index is 13.2. The van der Waals surface area contributed by atoms with Crippen molar-refractivity contribution in [1.29, 1.82) is 0 Å². The van der Waals surface area contributed by atoms with Crippen molar-refractivity contribution in [2.45, 2.75) is 30.2 Å². The van der Waals surface area contributed by atoms with Gasteiger partial charge in [-0.25, -0.2) is 17.9 Å². The first-order chi connectivity index (χ1) is 11.3. The summed E-state index contributed by atoms with van der Waals surface area (Å²) in [6, 6.07) is 10.6. The van der Waals surface area contributed by atoms with E-state index in [1.54, 1.807) is 13.0 Å². The summed E-state index contributed by atoms with van der Waals surface area (Å²) in [5.74, 6) is -0.476. The second-order valence-electron chi connectivity index (χ2n) is 6.00. The Hall–Kier alpha value is -2.25. The van der Waals surface area contributed by atoms with Gasteiger partial charge in [0.2, 0.25) is 10.0 Å². The van der Waals surface area contributed by atoms with Crippen LogP contribution in [0, 0.1) is 12.7 Å². The lowest BCUT2D eigenvalue weighted by atomic mass is 10.1. The molecule has 1 amide bonds. The highest BCUT2D eigenvalue weighted by atomic mass is 32.2. The standard InChI is InChI=1S/C17H17FN2O3S/c1-10-7-12(5-6-16(10)24(19,22)23)17(21)20-15-9-14(15)11-3-2-4-13(18)8-11/h2-8,14-15H,9H2,1H3,(H,20,21)(H2,19,22,23)/t14-,15-/m1/s1. The normalized spacial score (nSPS) is 19.8. The molecule has 3 N–H and O–H groups in total. The summed E-state index contributed by atoms with van der Waals surface area (Å²) in [7, 11) is -3.80. The van der Waals surface area contributed by atoms with Crippen LogP contribution in [0.25, 0.3) is 0 Å². The van der Waals surface area contributed by atoms with E-state index in [9.17, 15) is 17.6 Å². The zero-order valence-electron chi connectivity index (χ0n) is 13.0. The van der Waals surface area contributed by atoms with Gasteiger partial charge in [0.05, 0.1) is 4.90 Å². The predicted octanol–water partition coefficient (Wildman–Crippen LogP) is 2.07. The molecule has 5 nitrogen and oxygen atoms in total. The maximum Gasteiger partial charge on any atom is 0.251 e. The molecule has 0 heterocycles. The first kappa shape index (κ1) is 16.6. The van der Waals surface area contributed by atoms with E-state index in [2.05, 4.69) is 5.32 Å². The van der Waals surface area contributed by atoms with Crippen LogP contribution in [0.5, 0.6) is 0 Å². The summed E-state index contributed by atoms with van der Waals surface area (Å²) in [6.45, 7) is 1.59. The van der Waals surface area contributed by atoms with Crippen LogP contribution in [0.1, 0.15) is 33.8 Å². The van der Waals surface area contributed by atoms with E-state index in [0.29, 0.717) is 11.1 Å². The van der Waals surface area contributed by atoms with Crippen LogP contribution >= 0.6 is 0 Å². The van der Waals surface area contributed by atoms with E-state index in [4.69, 9.17) is 5.14 Å². The molecule has 1 fully saturated rings. The lowest BCUT2D eigenvalue weighted by molar-refractivity contribution is 0.0950. The van der Waals surface area contributed by atoms with Crippen LogP contribution in [0.4, 0.5) is 4.39 Å². The van der Waals surface area contributed by atoms with E-state index in [-0.39, 0.29) is 28.6 Å². The van der Waals surface area contributed by atoms with E-state index in [0.717, 1.165) is 12.0 Å². The topological polar surface area (TPSA) is 89.3 Å². The summed E-state index contributed by atoms with van der Waals surface area (Å²) < 4.78 is 36.0. The van der Waals surface area contributed by atoms with Crippen LogP contribution in [0.3, 0.4) is 0 Å². The molecule has 0 saturated heterocycles. The Bertz CT molecular complexity index is 912. The smallest absolute Gasteiger partial charge is 0.251 e. The fourth-order valence-corrected chi connectivity index (χ4v) is 3.59. The van der Waals surface area contributed by atoms with Crippen molar-refractivity contribution < 1.29 is 17.6 Å². The minimum absolute atomic E-state index is 0.00288. The number of nitrogens with one attached hydrogen (secondary N) is 1. The summed E-state index contributed by atoms with van der Waals surface area (Å²) in [5.41, 5.74) is 1.65. The first-order valence-electron chi connectivity index (χ1n) is 7.45. The molecule has 1 aliphatic carbocycles. The number of nitrogens with two attached hydrogens (primary N) is 1. The Kier molecular flexibility index (Phi) is 4.15. The van der Waals surface area contributed by atoms with E-state index in [1.807, 2.05) is 6.07 Å². The van der Waals surface area contributed by atoms with Crippen molar-refractivity contribution in [3.8, 4) is 0 Å². The lowest BCUT2D eigenvalue weighted by Crippen LogP contribution is -2.27. The highest BCUT2D eigenvalue weighted by Crippen LogP contribution is 2.41. The van der Waals surface area contributed by atoms with Gasteiger partial charge < -0.3 is 5.32 Å². The molecule has 7 heteroatoms. The van der Waals surface area contributed by atoms with Gasteiger partial charge in [0, 0.05) is 17.5 Å². The number of carbonyl (C=O) groups excluding carboxylic acids is 1. The molecule has 0 aliphatic heterocycles. The Morgan fingerprint density at radius 3 is 2.62 bits per heavy atom. The number of amides is 1. The molecular weight excluding hydrogens is 331 g/mol. The van der Waals surface area contributed by atoms with E-state index >= 15 is 0 Å². The van der Waals surface area contributed by atoms with Gasteiger partial charge in [-0.2, -0.15) is 0 Å². The van der Waals surface area contributed by atoms with Gasteiger partial charge >= 0.3 is 0 Å². The number of primary sulfonamides is 1. The largest absolute Gasteiger partial charge is 0.349 e. The highest BCUT2D eigenvalue weighted by Gasteiger charge is 2.39. The zero-order chi connectivity index (χ0) is 17.5. The minimum atomic E-state index is -3.80. The Morgan fingerprint density at radius 2 is 2.00 bits per heavy atom. The second kappa shape index (κ2) is 5.99. The summed E-state index contributed by atoms with van der Waals surface area (Å²) in [4.78, 5) is 12.3. The molecule has 126 valence electrons. The molecule has 0 unspecified atom stereocenters. The Morgan fingerprint density at radius 1 is 1.25 bits per heavy atom. The van der Waals surface area contributed by atoms with Gasteiger partial charge in [-0.05, 0) is 54.8 Å². The van der Waals surface area contributed by atoms with Gasteiger partial charge in [-0.15, -0.1) is 0 Å². The van der Waals surface area contributed by atoms with Crippen LogP contribution in [-0.2, 0) is 10.0 Å². The number of sulfonamides is 1. The van der Waals surface area contributed by atoms with Gasteiger partial charge in [0.15, 0.2) is 0 Å². The molecule has 0 aromatic heterocycles. The third kappa shape index (κ3) is 3.47. The summed E-state index contributed by atoms with van der Waals surface area (Å²) in [6.07, 6.45) is 0.753. The van der Waals surface area contributed by atoms with E-state index in [1.165, 1.54) is 30.3 Å². The summed E-state index contributed by atoms with van der Waals surface area (Å²) in [5, 5.41) is 7.99. The second-order valence-corrected chi connectivity index (χ2v) is 7.53. The maximum absolute atomic E-state index is 13.2. The summed E-state index contributed by atoms with van der Waals surface area (Å²) >= 11 is 0. The van der Waals surface area contributed by atoms with Crippen LogP contribution in [-0.4, -0.2) is 20.4 Å². The lowest BCUT2D eigenvalue weighted by Gasteiger charge is -2.08. The van der Waals surface area contributed by atoms with Crippen molar-refractivity contribution in [1.82, 2.24) is 5.32 Å². The van der Waals surface area contributed by atoms with Crippen molar-refractivity contribution >= 4 is 15.9 Å². The molecule has 0 spiro atoms. The van der Waals surface area contributed by atoms with Crippen molar-refractivity contribution in [3.05, 3.63) is 65.0 Å². The monoisotopic (exact) mass is 348 g/mol. The molecule has 1 aliphatic rings. The average Bonchev–Trinajstić information content (AvgIpc) is 3.25. The quantitative estimate of drug-likeness (QED) is 0.886. The fraction of sp³-hybridized carbons (Fsp3) is 0.235. The van der Waals surface area contributed by atoms with Crippen LogP contribution in [0.15, 0.2) is 47.4 Å². The number of halogens is 1. The highest BCUT2D eigenvalue weighted by molar-refractivity contribution is 7.89. The van der Waals surface area contributed by atoms with Gasteiger partial charge in [-0.3, -0.25) is 4.79 Å². The van der Waals surface area contributed by atoms with Crippen molar-refractivity contribution in [3.63, 3.8) is 0 Å². The molecule has 2 atom stereocenters. The van der Waals surface area contributed by atoms with Crippen molar-refractivity contribution in [2.75, 3.05) is 0 Å². The molecular formula is C17H17FN2O3S. The van der Waals surface area contributed by atoms with Crippen LogP contribution in [0.2, 0.25) is 0 Å². The number of hydrogen-bond acceptors (Lipinski definition) is 3. The molecule has 24 heavy (non-hydrogen) atoms. The molecule has 0 radical (unpaired) electrons. The minimum Gasteiger partial charge on any atom is -0.349 e. The molecule has 2 aromatic rings. The molecule has 1 saturated carbocycles. The predicted molar refractivity (Wildman–Crippen MR) is 87.6 cm³/mol. The average molecular weight is 348 g/mol. The number of aryl methyl sites for hydroxylation is 1. The van der Waals surface area contributed by atoms with Gasteiger partial charge in [0.25, 0.3) is 5.91 Å². The SMILES string of the molecule is Cc1cc(C(=O)N[C@@H]2C[C@@H]2c2cccc(F)c2)ccc1S(N)(=O)=O.